The van der Waals surface area contributed by atoms with Crippen LogP contribution in [-0.2, 0) is 0 Å². The first-order valence-electron chi connectivity index (χ1n) is 6.91. The highest BCUT2D eigenvalue weighted by Crippen LogP contribution is 2.45. The molecule has 3 atom stereocenters. The normalized spacial score (nSPS) is 24.7. The van der Waals surface area contributed by atoms with Crippen LogP contribution in [0.2, 0.25) is 5.02 Å². The summed E-state index contributed by atoms with van der Waals surface area (Å²) in [6, 6.07) is 4.79. The van der Waals surface area contributed by atoms with E-state index in [1.54, 1.807) is 18.2 Å². The number of methoxy groups -OCH3 is 1. The average Bonchev–Trinajstić information content (AvgIpc) is 2.45. The third kappa shape index (κ3) is 3.83. The van der Waals surface area contributed by atoms with Crippen LogP contribution in [0.25, 0.3) is 0 Å². The number of aliphatic hydroxyl groups excluding tert-OH is 1. The molecule has 1 N–H and O–H groups in total. The summed E-state index contributed by atoms with van der Waals surface area (Å²) in [5.74, 6) is -1.32. The van der Waals surface area contributed by atoms with Crippen LogP contribution >= 0.6 is 11.6 Å². The molecule has 0 bridgehead atoms. The quantitative estimate of drug-likeness (QED) is 0.870. The molecule has 3 unspecified atom stereocenters. The molecule has 0 aliphatic heterocycles. The molecule has 0 amide bonds. The van der Waals surface area contributed by atoms with E-state index >= 15 is 0 Å². The van der Waals surface area contributed by atoms with E-state index in [1.165, 1.54) is 7.11 Å². The van der Waals surface area contributed by atoms with Gasteiger partial charge in [-0.2, -0.15) is 13.2 Å². The van der Waals surface area contributed by atoms with E-state index in [0.29, 0.717) is 29.2 Å². The zero-order chi connectivity index (χ0) is 15.6. The second-order valence-electron chi connectivity index (χ2n) is 5.50. The Kier molecular flexibility index (Phi) is 5.04. The van der Waals surface area contributed by atoms with Gasteiger partial charge in [-0.15, -0.1) is 0 Å². The first-order chi connectivity index (χ1) is 9.82. The van der Waals surface area contributed by atoms with Crippen LogP contribution in [-0.4, -0.2) is 18.4 Å². The zero-order valence-corrected chi connectivity index (χ0v) is 12.4. The molecule has 1 aliphatic rings. The molecule has 1 saturated carbocycles. The van der Waals surface area contributed by atoms with Crippen molar-refractivity contribution in [1.82, 2.24) is 0 Å². The molecule has 1 aromatic carbocycles. The number of aliphatic hydroxyl groups is 1. The molecule has 1 aliphatic carbocycles. The predicted molar refractivity (Wildman–Crippen MR) is 74.5 cm³/mol. The minimum Gasteiger partial charge on any atom is -0.496 e. The average molecular weight is 323 g/mol. The minimum absolute atomic E-state index is 0.0552. The Morgan fingerprint density at radius 1 is 1.33 bits per heavy atom. The molecule has 0 heterocycles. The molecule has 2 nitrogen and oxygen atoms in total. The molecular formula is C15H18ClF3O2. The largest absolute Gasteiger partial charge is 0.496 e. The highest BCUT2D eigenvalue weighted by atomic mass is 35.5. The van der Waals surface area contributed by atoms with Crippen LogP contribution in [0.3, 0.4) is 0 Å². The van der Waals surface area contributed by atoms with Gasteiger partial charge in [-0.05, 0) is 43.4 Å². The summed E-state index contributed by atoms with van der Waals surface area (Å²) >= 11 is 5.91. The second-order valence-corrected chi connectivity index (χ2v) is 5.93. The fourth-order valence-electron chi connectivity index (χ4n) is 3.00. The van der Waals surface area contributed by atoms with Crippen molar-refractivity contribution in [2.75, 3.05) is 7.11 Å². The van der Waals surface area contributed by atoms with Crippen LogP contribution in [0.15, 0.2) is 18.2 Å². The van der Waals surface area contributed by atoms with Crippen molar-refractivity contribution in [2.45, 2.75) is 38.0 Å². The van der Waals surface area contributed by atoms with Crippen molar-refractivity contribution in [3.63, 3.8) is 0 Å². The summed E-state index contributed by atoms with van der Waals surface area (Å²) in [4.78, 5) is 0. The minimum atomic E-state index is -4.20. The molecular weight excluding hydrogens is 305 g/mol. The summed E-state index contributed by atoms with van der Waals surface area (Å²) < 4.78 is 43.8. The molecule has 6 heteroatoms. The Balaban J connectivity index is 2.19. The Morgan fingerprint density at radius 3 is 2.67 bits per heavy atom. The van der Waals surface area contributed by atoms with E-state index in [2.05, 4.69) is 0 Å². The lowest BCUT2D eigenvalue weighted by Crippen LogP contribution is -2.31. The van der Waals surface area contributed by atoms with Gasteiger partial charge in [-0.3, -0.25) is 0 Å². The van der Waals surface area contributed by atoms with E-state index in [9.17, 15) is 18.3 Å². The maximum Gasteiger partial charge on any atom is 0.391 e. The lowest BCUT2D eigenvalue weighted by atomic mass is 9.76. The number of benzene rings is 1. The monoisotopic (exact) mass is 322 g/mol. The summed E-state index contributed by atoms with van der Waals surface area (Å²) in [5, 5.41) is 10.9. The van der Waals surface area contributed by atoms with E-state index in [0.717, 1.165) is 0 Å². The fourth-order valence-corrected chi connectivity index (χ4v) is 3.18. The molecule has 1 aromatic rings. The number of ether oxygens (including phenoxy) is 1. The molecule has 0 radical (unpaired) electrons. The molecule has 0 spiro atoms. The van der Waals surface area contributed by atoms with Gasteiger partial charge in [-0.25, -0.2) is 0 Å². The SMILES string of the molecule is COc1ccc(Cl)cc1C(O)C1CCCC(C(F)(F)F)C1. The molecule has 0 aromatic heterocycles. The lowest BCUT2D eigenvalue weighted by Gasteiger charge is -2.33. The highest BCUT2D eigenvalue weighted by molar-refractivity contribution is 6.30. The van der Waals surface area contributed by atoms with Crippen LogP contribution in [0, 0.1) is 11.8 Å². The Hall–Kier alpha value is -0.940. The third-order valence-electron chi connectivity index (χ3n) is 4.13. The Morgan fingerprint density at radius 2 is 2.05 bits per heavy atom. The van der Waals surface area contributed by atoms with Crippen molar-refractivity contribution in [3.8, 4) is 5.75 Å². The summed E-state index contributed by atoms with van der Waals surface area (Å²) in [7, 11) is 1.46. The van der Waals surface area contributed by atoms with E-state index < -0.39 is 24.1 Å². The van der Waals surface area contributed by atoms with Crippen molar-refractivity contribution in [2.24, 2.45) is 11.8 Å². The summed E-state index contributed by atoms with van der Waals surface area (Å²) in [6.45, 7) is 0. The number of alkyl halides is 3. The van der Waals surface area contributed by atoms with Gasteiger partial charge in [0.2, 0.25) is 0 Å². The number of hydrogen-bond donors (Lipinski definition) is 1. The third-order valence-corrected chi connectivity index (χ3v) is 4.37. The smallest absolute Gasteiger partial charge is 0.391 e. The molecule has 118 valence electrons. The van der Waals surface area contributed by atoms with Gasteiger partial charge < -0.3 is 9.84 Å². The van der Waals surface area contributed by atoms with Crippen LogP contribution in [0.1, 0.15) is 37.4 Å². The summed E-state index contributed by atoms with van der Waals surface area (Å²) in [6.07, 6.45) is -4.07. The van der Waals surface area contributed by atoms with Crippen molar-refractivity contribution in [3.05, 3.63) is 28.8 Å². The molecule has 1 fully saturated rings. The summed E-state index contributed by atoms with van der Waals surface area (Å²) in [5.41, 5.74) is 0.456. The lowest BCUT2D eigenvalue weighted by molar-refractivity contribution is -0.189. The van der Waals surface area contributed by atoms with E-state index in [4.69, 9.17) is 16.3 Å². The van der Waals surface area contributed by atoms with Crippen LogP contribution < -0.4 is 4.74 Å². The van der Waals surface area contributed by atoms with Gasteiger partial charge in [0.05, 0.1) is 19.1 Å². The second kappa shape index (κ2) is 6.44. The predicted octanol–water partition coefficient (Wildman–Crippen LogP) is 4.75. The maximum atomic E-state index is 12.9. The van der Waals surface area contributed by atoms with Gasteiger partial charge in [0.15, 0.2) is 0 Å². The molecule has 21 heavy (non-hydrogen) atoms. The van der Waals surface area contributed by atoms with Crippen LogP contribution in [0.5, 0.6) is 5.75 Å². The van der Waals surface area contributed by atoms with Gasteiger partial charge in [0.1, 0.15) is 5.75 Å². The number of halogens is 4. The Bertz CT molecular complexity index is 490. The maximum absolute atomic E-state index is 12.9. The standard InChI is InChI=1S/C15H18ClF3O2/c1-21-13-6-5-11(16)8-12(13)14(20)9-3-2-4-10(7-9)15(17,18)19/h5-6,8-10,14,20H,2-4,7H2,1H3. The zero-order valence-electron chi connectivity index (χ0n) is 11.7. The van der Waals surface area contributed by atoms with Gasteiger partial charge >= 0.3 is 6.18 Å². The van der Waals surface area contributed by atoms with Crippen molar-refractivity contribution in [1.29, 1.82) is 0 Å². The number of hydrogen-bond acceptors (Lipinski definition) is 2. The fraction of sp³-hybridized carbons (Fsp3) is 0.600. The van der Waals surface area contributed by atoms with Gasteiger partial charge in [-0.1, -0.05) is 18.0 Å². The molecule has 0 saturated heterocycles. The van der Waals surface area contributed by atoms with E-state index in [1.807, 2.05) is 0 Å². The first kappa shape index (κ1) is 16.4. The Labute approximate surface area is 126 Å². The first-order valence-corrected chi connectivity index (χ1v) is 7.29. The van der Waals surface area contributed by atoms with Crippen molar-refractivity contribution < 1.29 is 23.0 Å². The van der Waals surface area contributed by atoms with Crippen molar-refractivity contribution >= 4 is 11.6 Å². The highest BCUT2D eigenvalue weighted by Gasteiger charge is 2.43. The number of rotatable bonds is 3. The van der Waals surface area contributed by atoms with Crippen LogP contribution in [0.4, 0.5) is 13.2 Å². The van der Waals surface area contributed by atoms with Gasteiger partial charge in [0, 0.05) is 10.6 Å². The molecule has 2 rings (SSSR count). The van der Waals surface area contributed by atoms with E-state index in [-0.39, 0.29) is 12.8 Å². The van der Waals surface area contributed by atoms with Gasteiger partial charge in [0.25, 0.3) is 0 Å². The topological polar surface area (TPSA) is 29.5 Å².